The van der Waals surface area contributed by atoms with Crippen LogP contribution in [0.3, 0.4) is 0 Å². The monoisotopic (exact) mass is 399 g/mol. The van der Waals surface area contributed by atoms with E-state index in [1.54, 1.807) is 6.07 Å². The van der Waals surface area contributed by atoms with Crippen molar-refractivity contribution in [1.82, 2.24) is 15.4 Å². The molecule has 0 radical (unpaired) electrons. The van der Waals surface area contributed by atoms with Crippen molar-refractivity contribution in [2.75, 3.05) is 0 Å². The maximum Gasteiger partial charge on any atom is 0.273 e. The van der Waals surface area contributed by atoms with Crippen molar-refractivity contribution in [3.8, 4) is 5.75 Å². The van der Waals surface area contributed by atoms with Crippen LogP contribution in [0, 0.1) is 0 Å². The Kier molecular flexibility index (Phi) is 5.41. The van der Waals surface area contributed by atoms with Gasteiger partial charge in [0.1, 0.15) is 12.3 Å². The molecule has 2 amide bonds. The third-order valence-corrected chi connectivity index (χ3v) is 3.48. The van der Waals surface area contributed by atoms with Gasteiger partial charge in [-0.15, -0.1) is 0 Å². The van der Waals surface area contributed by atoms with Crippen molar-refractivity contribution < 1.29 is 14.7 Å². The smallest absolute Gasteiger partial charge is 0.273 e. The Balaban J connectivity index is 1.99. The zero-order valence-corrected chi connectivity index (χ0v) is 13.9. The number of carbonyl (C=O) groups excluding carboxylic acids is 2. The van der Waals surface area contributed by atoms with E-state index in [0.29, 0.717) is 4.47 Å². The maximum absolute atomic E-state index is 11.9. The minimum absolute atomic E-state index is 0.0857. The number of amides is 2. The second kappa shape index (κ2) is 7.30. The number of aromatic hydroxyl groups is 1. The van der Waals surface area contributed by atoms with Gasteiger partial charge in [0, 0.05) is 21.8 Å². The molecule has 0 unspecified atom stereocenters. The third kappa shape index (κ3) is 4.57. The maximum atomic E-state index is 11.9. The van der Waals surface area contributed by atoms with E-state index in [1.807, 2.05) is 0 Å². The number of hydrogen-bond acceptors (Lipinski definition) is 4. The summed E-state index contributed by atoms with van der Waals surface area (Å²) in [6.07, 6.45) is 1.45. The first-order valence-electron chi connectivity index (χ1n) is 6.30. The summed E-state index contributed by atoms with van der Waals surface area (Å²) in [4.78, 5) is 35.2. The minimum Gasteiger partial charge on any atom is -0.507 e. The molecule has 0 atom stereocenters. The zero-order chi connectivity index (χ0) is 17.0. The molecule has 0 bridgehead atoms. The first-order chi connectivity index (χ1) is 10.9. The molecule has 1 aromatic carbocycles. The van der Waals surface area contributed by atoms with Gasteiger partial charge in [-0.25, -0.2) is 0 Å². The quantitative estimate of drug-likeness (QED) is 0.679. The molecule has 0 saturated carbocycles. The summed E-state index contributed by atoms with van der Waals surface area (Å²) in [7, 11) is 0. The van der Waals surface area contributed by atoms with Gasteiger partial charge in [-0.2, -0.15) is 0 Å². The molecule has 1 aromatic heterocycles. The number of phenolic OH excluding ortho intramolecular Hbond substituents is 1. The lowest BCUT2D eigenvalue weighted by Crippen LogP contribution is -2.44. The molecule has 23 heavy (non-hydrogen) atoms. The van der Waals surface area contributed by atoms with Gasteiger partial charge >= 0.3 is 0 Å². The van der Waals surface area contributed by atoms with Crippen LogP contribution in [0.5, 0.6) is 5.75 Å². The van der Waals surface area contributed by atoms with Crippen LogP contribution in [0.2, 0.25) is 5.02 Å². The molecule has 0 fully saturated rings. The standard InChI is InChI=1S/C14H11BrClN3O4/c15-8-1-4-13(22)19(6-8)7-12(21)17-18-14(23)10-5-9(16)2-3-11(10)20/h1-6,20H,7H2,(H,17,21)(H,18,23). The van der Waals surface area contributed by atoms with Gasteiger partial charge in [0.15, 0.2) is 0 Å². The number of hydrogen-bond donors (Lipinski definition) is 3. The average molecular weight is 401 g/mol. The van der Waals surface area contributed by atoms with E-state index in [1.165, 1.54) is 35.0 Å². The van der Waals surface area contributed by atoms with Crippen molar-refractivity contribution in [3.05, 3.63) is 61.9 Å². The van der Waals surface area contributed by atoms with Gasteiger partial charge in [0.2, 0.25) is 0 Å². The molecule has 2 rings (SSSR count). The first kappa shape index (κ1) is 17.0. The second-order valence-corrected chi connectivity index (χ2v) is 5.83. The van der Waals surface area contributed by atoms with Crippen molar-refractivity contribution in [3.63, 3.8) is 0 Å². The van der Waals surface area contributed by atoms with Crippen LogP contribution in [0.25, 0.3) is 0 Å². The molecule has 7 nitrogen and oxygen atoms in total. The van der Waals surface area contributed by atoms with E-state index in [9.17, 15) is 19.5 Å². The van der Waals surface area contributed by atoms with E-state index in [2.05, 4.69) is 26.8 Å². The van der Waals surface area contributed by atoms with Gasteiger partial charge in [0.25, 0.3) is 17.4 Å². The van der Waals surface area contributed by atoms with Gasteiger partial charge < -0.3 is 9.67 Å². The fraction of sp³-hybridized carbons (Fsp3) is 0.0714. The molecule has 3 N–H and O–H groups in total. The SMILES string of the molecule is O=C(Cn1cc(Br)ccc1=O)NNC(=O)c1cc(Cl)ccc1O. The second-order valence-electron chi connectivity index (χ2n) is 4.48. The van der Waals surface area contributed by atoms with Crippen molar-refractivity contribution in [2.45, 2.75) is 6.54 Å². The number of hydrazine groups is 1. The van der Waals surface area contributed by atoms with Gasteiger partial charge in [-0.05, 0) is 40.2 Å². The summed E-state index contributed by atoms with van der Waals surface area (Å²) < 4.78 is 1.81. The molecule has 0 spiro atoms. The molecular weight excluding hydrogens is 390 g/mol. The number of benzene rings is 1. The summed E-state index contributed by atoms with van der Waals surface area (Å²) >= 11 is 8.93. The Morgan fingerprint density at radius 3 is 2.70 bits per heavy atom. The number of carbonyl (C=O) groups is 2. The molecule has 0 aliphatic rings. The number of pyridine rings is 1. The molecule has 1 heterocycles. The van der Waals surface area contributed by atoms with Crippen LogP contribution in [0.1, 0.15) is 10.4 Å². The highest BCUT2D eigenvalue weighted by molar-refractivity contribution is 9.10. The zero-order valence-electron chi connectivity index (χ0n) is 11.5. The lowest BCUT2D eigenvalue weighted by molar-refractivity contribution is -0.122. The third-order valence-electron chi connectivity index (χ3n) is 2.78. The molecular formula is C14H11BrClN3O4. The predicted octanol–water partition coefficient (Wildman–Crippen LogP) is 1.43. The highest BCUT2D eigenvalue weighted by Crippen LogP contribution is 2.20. The number of aromatic nitrogens is 1. The fourth-order valence-corrected chi connectivity index (χ4v) is 2.26. The van der Waals surface area contributed by atoms with Crippen molar-refractivity contribution in [2.24, 2.45) is 0 Å². The van der Waals surface area contributed by atoms with Crippen LogP contribution in [-0.2, 0) is 11.3 Å². The summed E-state index contributed by atoms with van der Waals surface area (Å²) in [5.41, 5.74) is 3.85. The molecule has 0 aliphatic heterocycles. The number of phenols is 1. The summed E-state index contributed by atoms with van der Waals surface area (Å²) in [6.45, 7) is -0.278. The summed E-state index contributed by atoms with van der Waals surface area (Å²) in [5, 5.41) is 9.85. The average Bonchev–Trinajstić information content (AvgIpc) is 2.51. The van der Waals surface area contributed by atoms with Crippen LogP contribution >= 0.6 is 27.5 Å². The lowest BCUT2D eigenvalue weighted by atomic mass is 10.2. The van der Waals surface area contributed by atoms with Crippen molar-refractivity contribution in [1.29, 1.82) is 0 Å². The summed E-state index contributed by atoms with van der Waals surface area (Å²) in [6, 6.07) is 6.81. The molecule has 0 aliphatic carbocycles. The lowest BCUT2D eigenvalue weighted by Gasteiger charge is -2.10. The molecule has 0 saturated heterocycles. The normalized spacial score (nSPS) is 10.2. The number of rotatable bonds is 3. The number of nitrogens with one attached hydrogen (secondary N) is 2. The van der Waals surface area contributed by atoms with Crippen LogP contribution < -0.4 is 16.4 Å². The highest BCUT2D eigenvalue weighted by atomic mass is 79.9. The Morgan fingerprint density at radius 1 is 1.22 bits per heavy atom. The fourth-order valence-electron chi connectivity index (χ4n) is 1.70. The van der Waals surface area contributed by atoms with Crippen LogP contribution in [0.4, 0.5) is 0 Å². The number of halogens is 2. The molecule has 2 aromatic rings. The first-order valence-corrected chi connectivity index (χ1v) is 7.47. The van der Waals surface area contributed by atoms with Crippen LogP contribution in [-0.4, -0.2) is 21.5 Å². The Hall–Kier alpha value is -2.32. The Bertz CT molecular complexity index is 822. The molecule has 9 heteroatoms. The Morgan fingerprint density at radius 2 is 1.96 bits per heavy atom. The summed E-state index contributed by atoms with van der Waals surface area (Å²) in [5.74, 6) is -1.62. The van der Waals surface area contributed by atoms with Gasteiger partial charge in [-0.1, -0.05) is 11.6 Å². The Labute approximate surface area is 144 Å². The van der Waals surface area contributed by atoms with Crippen LogP contribution in [0.15, 0.2) is 45.8 Å². The van der Waals surface area contributed by atoms with E-state index in [-0.39, 0.29) is 28.4 Å². The topological polar surface area (TPSA) is 100 Å². The van der Waals surface area contributed by atoms with Gasteiger partial charge in [0.05, 0.1) is 5.56 Å². The number of nitrogens with zero attached hydrogens (tertiary/aromatic N) is 1. The highest BCUT2D eigenvalue weighted by Gasteiger charge is 2.13. The predicted molar refractivity (Wildman–Crippen MR) is 87.1 cm³/mol. The minimum atomic E-state index is -0.736. The largest absolute Gasteiger partial charge is 0.507 e. The van der Waals surface area contributed by atoms with E-state index >= 15 is 0 Å². The van der Waals surface area contributed by atoms with Gasteiger partial charge in [-0.3, -0.25) is 25.2 Å². The van der Waals surface area contributed by atoms with E-state index in [4.69, 9.17) is 11.6 Å². The van der Waals surface area contributed by atoms with Crippen molar-refractivity contribution >= 4 is 39.3 Å². The molecule has 120 valence electrons. The van der Waals surface area contributed by atoms with E-state index in [0.717, 1.165) is 0 Å². The van der Waals surface area contributed by atoms with E-state index < -0.39 is 11.8 Å².